The van der Waals surface area contributed by atoms with Crippen molar-refractivity contribution in [3.63, 3.8) is 0 Å². The van der Waals surface area contributed by atoms with Gasteiger partial charge in [-0.05, 0) is 50.5 Å². The summed E-state index contributed by atoms with van der Waals surface area (Å²) in [6.45, 7) is 7.95. The average Bonchev–Trinajstić information content (AvgIpc) is 2.31. The fraction of sp³-hybridized carbons (Fsp3) is 1.00. The van der Waals surface area contributed by atoms with Gasteiger partial charge in [0.25, 0.3) is 0 Å². The van der Waals surface area contributed by atoms with Gasteiger partial charge in [0.15, 0.2) is 0 Å². The summed E-state index contributed by atoms with van der Waals surface area (Å²) >= 11 is 0. The molecule has 1 N–H and O–H groups in total. The monoisotopic (exact) mass is 225 g/mol. The standard InChI is InChI=1S/C14H27NO/c1-12(2)14(7-3-4-8-15-14)10-13-6-5-9-16-11-13/h12-13,15H,3-11H2,1-2H3. The normalized spacial score (nSPS) is 36.6. The lowest BCUT2D eigenvalue weighted by molar-refractivity contribution is 0.0266. The largest absolute Gasteiger partial charge is 0.381 e. The Labute approximate surface area is 100 Å². The highest BCUT2D eigenvalue weighted by molar-refractivity contribution is 4.95. The quantitative estimate of drug-likeness (QED) is 0.797. The summed E-state index contributed by atoms with van der Waals surface area (Å²) in [5, 5.41) is 3.82. The topological polar surface area (TPSA) is 21.3 Å². The second kappa shape index (κ2) is 5.50. The van der Waals surface area contributed by atoms with Gasteiger partial charge in [0, 0.05) is 18.8 Å². The van der Waals surface area contributed by atoms with Gasteiger partial charge in [0.05, 0.1) is 0 Å². The molecular weight excluding hydrogens is 198 g/mol. The van der Waals surface area contributed by atoms with Gasteiger partial charge in [-0.15, -0.1) is 0 Å². The maximum Gasteiger partial charge on any atom is 0.0494 e. The molecular formula is C14H27NO. The van der Waals surface area contributed by atoms with Crippen LogP contribution in [0.4, 0.5) is 0 Å². The van der Waals surface area contributed by atoms with E-state index >= 15 is 0 Å². The zero-order valence-electron chi connectivity index (χ0n) is 10.9. The lowest BCUT2D eigenvalue weighted by Crippen LogP contribution is -2.54. The molecule has 0 amide bonds. The highest BCUT2D eigenvalue weighted by Crippen LogP contribution is 2.35. The summed E-state index contributed by atoms with van der Waals surface area (Å²) < 4.78 is 5.62. The van der Waals surface area contributed by atoms with Crippen LogP contribution in [0.15, 0.2) is 0 Å². The van der Waals surface area contributed by atoms with Crippen LogP contribution in [0.5, 0.6) is 0 Å². The van der Waals surface area contributed by atoms with Crippen molar-refractivity contribution in [2.24, 2.45) is 11.8 Å². The summed E-state index contributed by atoms with van der Waals surface area (Å²) in [4.78, 5) is 0. The smallest absolute Gasteiger partial charge is 0.0494 e. The minimum absolute atomic E-state index is 0.406. The molecule has 2 aliphatic rings. The number of hydrogen-bond donors (Lipinski definition) is 1. The lowest BCUT2D eigenvalue weighted by atomic mass is 9.72. The number of hydrogen-bond acceptors (Lipinski definition) is 2. The summed E-state index contributed by atoms with van der Waals surface area (Å²) in [6.07, 6.45) is 8.08. The van der Waals surface area contributed by atoms with E-state index in [-0.39, 0.29) is 0 Å². The number of nitrogens with one attached hydrogen (secondary N) is 1. The Balaban J connectivity index is 1.95. The van der Waals surface area contributed by atoms with E-state index in [1.54, 1.807) is 0 Å². The molecule has 2 atom stereocenters. The second-order valence-corrected chi connectivity index (χ2v) is 5.98. The molecule has 0 bridgehead atoms. The molecule has 0 aromatic rings. The van der Waals surface area contributed by atoms with Crippen LogP contribution in [0, 0.1) is 11.8 Å². The van der Waals surface area contributed by atoms with Gasteiger partial charge >= 0.3 is 0 Å². The van der Waals surface area contributed by atoms with Crippen molar-refractivity contribution in [2.45, 2.75) is 57.9 Å². The Morgan fingerprint density at radius 3 is 2.75 bits per heavy atom. The summed E-state index contributed by atoms with van der Waals surface area (Å²) in [5.74, 6) is 1.54. The van der Waals surface area contributed by atoms with Crippen molar-refractivity contribution in [3.8, 4) is 0 Å². The Hall–Kier alpha value is -0.0800. The third-order valence-electron chi connectivity index (χ3n) is 4.54. The maximum atomic E-state index is 5.62. The van der Waals surface area contributed by atoms with Crippen molar-refractivity contribution < 1.29 is 4.74 Å². The van der Waals surface area contributed by atoms with Crippen molar-refractivity contribution >= 4 is 0 Å². The minimum Gasteiger partial charge on any atom is -0.381 e. The molecule has 16 heavy (non-hydrogen) atoms. The molecule has 2 aliphatic heterocycles. The zero-order valence-corrected chi connectivity index (χ0v) is 10.9. The molecule has 0 saturated carbocycles. The van der Waals surface area contributed by atoms with Crippen LogP contribution in [0.1, 0.15) is 52.4 Å². The summed E-state index contributed by atoms with van der Waals surface area (Å²) in [6, 6.07) is 0. The molecule has 2 rings (SSSR count). The minimum atomic E-state index is 0.406. The van der Waals surface area contributed by atoms with Crippen molar-refractivity contribution in [2.75, 3.05) is 19.8 Å². The molecule has 2 heterocycles. The highest BCUT2D eigenvalue weighted by atomic mass is 16.5. The fourth-order valence-electron chi connectivity index (χ4n) is 3.38. The van der Waals surface area contributed by atoms with Crippen LogP contribution in [0.2, 0.25) is 0 Å². The van der Waals surface area contributed by atoms with Crippen LogP contribution in [-0.2, 0) is 4.74 Å². The van der Waals surface area contributed by atoms with Crippen LogP contribution in [0.25, 0.3) is 0 Å². The van der Waals surface area contributed by atoms with Crippen LogP contribution in [-0.4, -0.2) is 25.3 Å². The predicted molar refractivity (Wildman–Crippen MR) is 67.6 cm³/mol. The first-order valence-electron chi connectivity index (χ1n) is 7.06. The number of rotatable bonds is 3. The number of ether oxygens (including phenoxy) is 1. The molecule has 0 aliphatic carbocycles. The first-order chi connectivity index (χ1) is 7.73. The van der Waals surface area contributed by atoms with E-state index in [2.05, 4.69) is 19.2 Å². The van der Waals surface area contributed by atoms with Gasteiger partial charge in [-0.25, -0.2) is 0 Å². The third-order valence-corrected chi connectivity index (χ3v) is 4.54. The van der Waals surface area contributed by atoms with E-state index in [1.165, 1.54) is 45.1 Å². The molecule has 2 saturated heterocycles. The zero-order chi connectivity index (χ0) is 11.4. The van der Waals surface area contributed by atoms with Gasteiger partial charge in [-0.1, -0.05) is 20.3 Å². The van der Waals surface area contributed by atoms with Crippen LogP contribution in [0.3, 0.4) is 0 Å². The van der Waals surface area contributed by atoms with Gasteiger partial charge < -0.3 is 10.1 Å². The SMILES string of the molecule is CC(C)C1(CC2CCCOC2)CCCCN1. The molecule has 2 heteroatoms. The Morgan fingerprint density at radius 1 is 1.31 bits per heavy atom. The lowest BCUT2D eigenvalue weighted by Gasteiger charge is -2.44. The van der Waals surface area contributed by atoms with E-state index in [0.717, 1.165) is 25.0 Å². The van der Waals surface area contributed by atoms with E-state index in [1.807, 2.05) is 0 Å². The molecule has 2 nitrogen and oxygen atoms in total. The van der Waals surface area contributed by atoms with E-state index in [0.29, 0.717) is 5.54 Å². The Morgan fingerprint density at radius 2 is 2.19 bits per heavy atom. The molecule has 0 spiro atoms. The van der Waals surface area contributed by atoms with Crippen molar-refractivity contribution in [3.05, 3.63) is 0 Å². The summed E-state index contributed by atoms with van der Waals surface area (Å²) in [5.41, 5.74) is 0.406. The number of piperidine rings is 1. The highest BCUT2D eigenvalue weighted by Gasteiger charge is 2.37. The second-order valence-electron chi connectivity index (χ2n) is 5.98. The van der Waals surface area contributed by atoms with Gasteiger partial charge in [0.1, 0.15) is 0 Å². The Kier molecular flexibility index (Phi) is 4.26. The fourth-order valence-corrected chi connectivity index (χ4v) is 3.38. The summed E-state index contributed by atoms with van der Waals surface area (Å²) in [7, 11) is 0. The van der Waals surface area contributed by atoms with Crippen LogP contribution < -0.4 is 5.32 Å². The molecule has 2 unspecified atom stereocenters. The molecule has 2 fully saturated rings. The molecule has 0 aromatic carbocycles. The van der Waals surface area contributed by atoms with Gasteiger partial charge in [-0.2, -0.15) is 0 Å². The van der Waals surface area contributed by atoms with Crippen LogP contribution >= 0.6 is 0 Å². The van der Waals surface area contributed by atoms with Crippen molar-refractivity contribution in [1.82, 2.24) is 5.32 Å². The first-order valence-corrected chi connectivity index (χ1v) is 7.06. The molecule has 0 aromatic heterocycles. The van der Waals surface area contributed by atoms with Gasteiger partial charge in [0.2, 0.25) is 0 Å². The predicted octanol–water partition coefficient (Wildman–Crippen LogP) is 2.97. The maximum absolute atomic E-state index is 5.62. The van der Waals surface area contributed by atoms with E-state index in [4.69, 9.17) is 4.74 Å². The van der Waals surface area contributed by atoms with Gasteiger partial charge in [-0.3, -0.25) is 0 Å². The third kappa shape index (κ3) is 2.78. The average molecular weight is 225 g/mol. The van der Waals surface area contributed by atoms with Crippen molar-refractivity contribution in [1.29, 1.82) is 0 Å². The Bertz CT molecular complexity index is 203. The molecule has 94 valence electrons. The molecule has 0 radical (unpaired) electrons. The van der Waals surface area contributed by atoms with E-state index in [9.17, 15) is 0 Å². The van der Waals surface area contributed by atoms with E-state index < -0.39 is 0 Å². The first kappa shape index (κ1) is 12.4.